The Bertz CT molecular complexity index is 339. The van der Waals surface area contributed by atoms with Crippen LogP contribution in [0.5, 0.6) is 0 Å². The van der Waals surface area contributed by atoms with E-state index in [0.717, 1.165) is 31.9 Å². The van der Waals surface area contributed by atoms with Crippen LogP contribution in [-0.4, -0.2) is 44.2 Å². The summed E-state index contributed by atoms with van der Waals surface area (Å²) in [6, 6.07) is 1.06. The first-order valence-electron chi connectivity index (χ1n) is 9.72. The largest absolute Gasteiger partial charge is 0.387 e. The number of nitrogens with one attached hydrogen (secondary N) is 4. The Morgan fingerprint density at radius 2 is 1.20 bits per heavy atom. The second-order valence-electron chi connectivity index (χ2n) is 7.77. The third-order valence-electron chi connectivity index (χ3n) is 3.32. The monoisotopic (exact) mass is 356 g/mol. The van der Waals surface area contributed by atoms with E-state index in [2.05, 4.69) is 69.4 Å². The Balaban J connectivity index is 0. The average Bonchev–Trinajstić information content (AvgIpc) is 2.47. The van der Waals surface area contributed by atoms with E-state index in [-0.39, 0.29) is 5.91 Å². The highest BCUT2D eigenvalue weighted by molar-refractivity contribution is 5.75. The Hall–Kier alpha value is -1.07. The van der Waals surface area contributed by atoms with Gasteiger partial charge in [0.05, 0.1) is 0 Å². The minimum Gasteiger partial charge on any atom is -0.387 e. The maximum atomic E-state index is 11.2. The normalized spacial score (nSPS) is 10.9. The summed E-state index contributed by atoms with van der Waals surface area (Å²) in [6.07, 6.45) is 0.627. The first-order chi connectivity index (χ1) is 11.6. The molecule has 0 aliphatic heterocycles. The van der Waals surface area contributed by atoms with Crippen molar-refractivity contribution in [3.8, 4) is 0 Å². The standard InChI is InChI=1S/C10H22N2O.C10H22N2/c1-8(2)7-10(13)12-6-5-11-9(3)4;1-8(2)10(5)12-7-6-11-9(3)4/h8-9,11H,5-7H2,1-4H3,(H,12,13);8-9,11-12H,5-7H2,1-4H3. The molecule has 0 atom stereocenters. The van der Waals surface area contributed by atoms with E-state index >= 15 is 0 Å². The van der Waals surface area contributed by atoms with Crippen molar-refractivity contribution in [3.63, 3.8) is 0 Å². The van der Waals surface area contributed by atoms with Gasteiger partial charge in [-0.3, -0.25) is 4.79 Å². The summed E-state index contributed by atoms with van der Waals surface area (Å²) in [5, 5.41) is 12.7. The van der Waals surface area contributed by atoms with E-state index in [4.69, 9.17) is 0 Å². The van der Waals surface area contributed by atoms with E-state index in [9.17, 15) is 4.79 Å². The summed E-state index contributed by atoms with van der Waals surface area (Å²) < 4.78 is 0. The molecule has 0 fully saturated rings. The zero-order valence-corrected chi connectivity index (χ0v) is 18.0. The zero-order valence-electron chi connectivity index (χ0n) is 18.0. The van der Waals surface area contributed by atoms with E-state index in [1.54, 1.807) is 0 Å². The van der Waals surface area contributed by atoms with E-state index in [1.165, 1.54) is 0 Å². The van der Waals surface area contributed by atoms with Crippen LogP contribution in [0.4, 0.5) is 0 Å². The molecule has 0 aromatic carbocycles. The minimum atomic E-state index is 0.153. The van der Waals surface area contributed by atoms with Crippen molar-refractivity contribution in [2.45, 2.75) is 73.9 Å². The van der Waals surface area contributed by atoms with E-state index < -0.39 is 0 Å². The van der Waals surface area contributed by atoms with Gasteiger partial charge in [-0.15, -0.1) is 0 Å². The summed E-state index contributed by atoms with van der Waals surface area (Å²) >= 11 is 0. The summed E-state index contributed by atoms with van der Waals surface area (Å²) in [5.41, 5.74) is 1.13. The molecule has 0 aromatic heterocycles. The Labute approximate surface area is 156 Å². The molecule has 0 aromatic rings. The van der Waals surface area contributed by atoms with Gasteiger partial charge in [-0.2, -0.15) is 0 Å². The first kappa shape index (κ1) is 26.2. The molecular formula is C20H44N4O. The van der Waals surface area contributed by atoms with Gasteiger partial charge < -0.3 is 21.3 Å². The Morgan fingerprint density at radius 3 is 1.56 bits per heavy atom. The molecule has 0 aliphatic rings. The van der Waals surface area contributed by atoms with Crippen LogP contribution in [0.25, 0.3) is 0 Å². The molecule has 0 unspecified atom stereocenters. The van der Waals surface area contributed by atoms with Gasteiger partial charge in [0.25, 0.3) is 0 Å². The molecule has 25 heavy (non-hydrogen) atoms. The number of carbonyl (C=O) groups is 1. The molecule has 150 valence electrons. The summed E-state index contributed by atoms with van der Waals surface area (Å²) in [7, 11) is 0. The molecule has 0 saturated carbocycles. The fourth-order valence-electron chi connectivity index (χ4n) is 1.79. The quantitative estimate of drug-likeness (QED) is 0.406. The van der Waals surface area contributed by atoms with Gasteiger partial charge in [-0.25, -0.2) is 0 Å². The predicted molar refractivity (Wildman–Crippen MR) is 111 cm³/mol. The molecular weight excluding hydrogens is 312 g/mol. The van der Waals surface area contributed by atoms with Crippen LogP contribution in [0, 0.1) is 11.8 Å². The number of hydrogen-bond donors (Lipinski definition) is 4. The van der Waals surface area contributed by atoms with Gasteiger partial charge in [0.15, 0.2) is 0 Å². The van der Waals surface area contributed by atoms with Crippen LogP contribution in [0.15, 0.2) is 12.3 Å². The van der Waals surface area contributed by atoms with Crippen molar-refractivity contribution >= 4 is 5.91 Å². The summed E-state index contributed by atoms with van der Waals surface area (Å²) in [6.45, 7) is 24.3. The molecule has 0 radical (unpaired) electrons. The lowest BCUT2D eigenvalue weighted by Gasteiger charge is -2.13. The number of hydrogen-bond acceptors (Lipinski definition) is 4. The fraction of sp³-hybridized carbons (Fsp3) is 0.850. The molecule has 4 N–H and O–H groups in total. The van der Waals surface area contributed by atoms with E-state index in [1.807, 2.05) is 13.8 Å². The summed E-state index contributed by atoms with van der Waals surface area (Å²) in [5.74, 6) is 1.13. The van der Waals surface area contributed by atoms with Crippen molar-refractivity contribution in [1.82, 2.24) is 21.3 Å². The molecule has 0 saturated heterocycles. The highest BCUT2D eigenvalue weighted by Gasteiger charge is 2.03. The fourth-order valence-corrected chi connectivity index (χ4v) is 1.79. The van der Waals surface area contributed by atoms with Crippen molar-refractivity contribution in [2.75, 3.05) is 26.2 Å². The number of rotatable bonds is 12. The van der Waals surface area contributed by atoms with Gasteiger partial charge in [0, 0.05) is 50.4 Å². The molecule has 0 aliphatic carbocycles. The van der Waals surface area contributed by atoms with Crippen LogP contribution < -0.4 is 21.3 Å². The van der Waals surface area contributed by atoms with Crippen molar-refractivity contribution in [2.24, 2.45) is 11.8 Å². The second-order valence-corrected chi connectivity index (χ2v) is 7.77. The van der Waals surface area contributed by atoms with Crippen LogP contribution in [0.2, 0.25) is 0 Å². The van der Waals surface area contributed by atoms with Crippen molar-refractivity contribution < 1.29 is 4.79 Å². The average molecular weight is 357 g/mol. The maximum Gasteiger partial charge on any atom is 0.220 e. The second kappa shape index (κ2) is 16.4. The van der Waals surface area contributed by atoms with Crippen LogP contribution in [0.3, 0.4) is 0 Å². The number of amides is 1. The SMILES string of the molecule is C=C(NCCNC(C)C)C(C)C.CC(C)CC(=O)NCCNC(C)C. The molecule has 1 amide bonds. The molecule has 0 bridgehead atoms. The van der Waals surface area contributed by atoms with Gasteiger partial charge in [0.1, 0.15) is 0 Å². The van der Waals surface area contributed by atoms with E-state index in [0.29, 0.717) is 30.3 Å². The Morgan fingerprint density at radius 1 is 0.760 bits per heavy atom. The van der Waals surface area contributed by atoms with Gasteiger partial charge >= 0.3 is 0 Å². The summed E-state index contributed by atoms with van der Waals surface area (Å²) in [4.78, 5) is 11.2. The highest BCUT2D eigenvalue weighted by atomic mass is 16.1. The minimum absolute atomic E-state index is 0.153. The topological polar surface area (TPSA) is 65.2 Å². The molecule has 0 spiro atoms. The molecule has 5 nitrogen and oxygen atoms in total. The third kappa shape index (κ3) is 22.9. The Kier molecular flexibility index (Phi) is 17.2. The number of allylic oxidation sites excluding steroid dienone is 1. The highest BCUT2D eigenvalue weighted by Crippen LogP contribution is 2.00. The van der Waals surface area contributed by atoms with Gasteiger partial charge in [-0.05, 0) is 11.8 Å². The van der Waals surface area contributed by atoms with Crippen molar-refractivity contribution in [1.29, 1.82) is 0 Å². The smallest absolute Gasteiger partial charge is 0.220 e. The zero-order chi connectivity index (χ0) is 19.8. The van der Waals surface area contributed by atoms with Crippen molar-refractivity contribution in [3.05, 3.63) is 12.3 Å². The van der Waals surface area contributed by atoms with Gasteiger partial charge in [-0.1, -0.05) is 62.0 Å². The molecule has 0 heterocycles. The number of carbonyl (C=O) groups excluding carboxylic acids is 1. The van der Waals surface area contributed by atoms with Crippen LogP contribution >= 0.6 is 0 Å². The maximum absolute atomic E-state index is 11.2. The molecule has 5 heteroatoms. The lowest BCUT2D eigenvalue weighted by Crippen LogP contribution is -2.34. The first-order valence-corrected chi connectivity index (χ1v) is 9.72. The van der Waals surface area contributed by atoms with Crippen LogP contribution in [-0.2, 0) is 4.79 Å². The van der Waals surface area contributed by atoms with Gasteiger partial charge in [0.2, 0.25) is 5.91 Å². The lowest BCUT2D eigenvalue weighted by atomic mass is 10.1. The molecule has 0 rings (SSSR count). The third-order valence-corrected chi connectivity index (χ3v) is 3.32. The lowest BCUT2D eigenvalue weighted by molar-refractivity contribution is -0.121. The predicted octanol–water partition coefficient (Wildman–Crippen LogP) is 2.89. The van der Waals surface area contributed by atoms with Crippen LogP contribution in [0.1, 0.15) is 61.8 Å².